The topological polar surface area (TPSA) is 204 Å². The third-order valence-electron chi connectivity index (χ3n) is 5.04. The number of non-ortho nitro benzene ring substituents is 1. The molecule has 3 N–H and O–H groups in total. The van der Waals surface area contributed by atoms with Gasteiger partial charge in [0.25, 0.3) is 15.8 Å². The van der Waals surface area contributed by atoms with Crippen molar-refractivity contribution < 1.29 is 32.9 Å². The molecule has 4 rings (SSSR count). The van der Waals surface area contributed by atoms with Gasteiger partial charge in [0.15, 0.2) is 5.75 Å². The molecule has 0 aromatic heterocycles. The number of carboxylic acid groups (broad SMARTS) is 1. The summed E-state index contributed by atoms with van der Waals surface area (Å²) in [5.41, 5.74) is -0.522. The van der Waals surface area contributed by atoms with E-state index in [-0.39, 0.29) is 33.3 Å². The largest absolute Gasteiger partial charge is 0.505 e. The van der Waals surface area contributed by atoms with Crippen LogP contribution in [0.25, 0.3) is 10.8 Å². The number of nitro benzene ring substituents is 1. The fourth-order valence-electron chi connectivity index (χ4n) is 3.25. The van der Waals surface area contributed by atoms with Gasteiger partial charge in [0.2, 0.25) is 0 Å². The number of carboxylic acids is 1. The minimum absolute atomic E-state index is 0.0178. The zero-order valence-corrected chi connectivity index (χ0v) is 19.3. The van der Waals surface area contributed by atoms with Gasteiger partial charge in [-0.1, -0.05) is 18.2 Å². The summed E-state index contributed by atoms with van der Waals surface area (Å²) >= 11 is 0. The molecule has 0 fully saturated rings. The average molecular weight is 521 g/mol. The summed E-state index contributed by atoms with van der Waals surface area (Å²) < 4.78 is 32.4. The summed E-state index contributed by atoms with van der Waals surface area (Å²) in [4.78, 5) is 21.5. The lowest BCUT2D eigenvalue weighted by Crippen LogP contribution is -1.97. The van der Waals surface area contributed by atoms with E-state index in [0.717, 1.165) is 6.07 Å². The number of aromatic carboxylic acids is 1. The lowest BCUT2D eigenvalue weighted by atomic mass is 10.1. The smallest absolute Gasteiger partial charge is 0.339 e. The Kier molecular flexibility index (Phi) is 6.69. The van der Waals surface area contributed by atoms with E-state index in [0.29, 0.717) is 10.8 Å². The van der Waals surface area contributed by atoms with Crippen LogP contribution in [0.1, 0.15) is 10.4 Å². The summed E-state index contributed by atoms with van der Waals surface area (Å²) in [6.45, 7) is 0. The highest BCUT2D eigenvalue weighted by atomic mass is 32.2. The fraction of sp³-hybridized carbons (Fsp3) is 0. The molecule has 4 aromatic carbocycles. The van der Waals surface area contributed by atoms with Gasteiger partial charge in [-0.15, -0.1) is 10.2 Å². The highest BCUT2D eigenvalue weighted by molar-refractivity contribution is 7.85. The Balaban J connectivity index is 1.73. The van der Waals surface area contributed by atoms with Gasteiger partial charge >= 0.3 is 5.97 Å². The number of nitrogens with zero attached hydrogens (tertiary/aromatic N) is 5. The van der Waals surface area contributed by atoms with E-state index in [1.807, 2.05) is 0 Å². The Labute approximate surface area is 208 Å². The van der Waals surface area contributed by atoms with Crippen molar-refractivity contribution in [3.05, 3.63) is 88.5 Å². The second-order valence-corrected chi connectivity index (χ2v) is 8.90. The molecule has 0 radical (unpaired) electrons. The third-order valence-corrected chi connectivity index (χ3v) is 5.89. The number of nitro groups is 1. The minimum atomic E-state index is -4.46. The lowest BCUT2D eigenvalue weighted by molar-refractivity contribution is -0.384. The molecule has 0 saturated carbocycles. The highest BCUT2D eigenvalue weighted by Gasteiger charge is 2.16. The number of fused-ring (bicyclic) bond motifs is 1. The molecule has 0 aliphatic heterocycles. The summed E-state index contributed by atoms with van der Waals surface area (Å²) in [6.07, 6.45) is 0. The molecule has 186 valence electrons. The first kappa shape index (κ1) is 25.0. The maximum atomic E-state index is 11.6. The molecule has 0 heterocycles. The molecule has 13 nitrogen and oxygen atoms in total. The van der Waals surface area contributed by atoms with Crippen LogP contribution >= 0.6 is 0 Å². The van der Waals surface area contributed by atoms with Crippen LogP contribution in [-0.2, 0) is 10.1 Å². The molecule has 0 atom stereocenters. The maximum Gasteiger partial charge on any atom is 0.339 e. The predicted molar refractivity (Wildman–Crippen MR) is 130 cm³/mol. The zero-order chi connectivity index (χ0) is 26.7. The number of hydrogen-bond donors (Lipinski definition) is 3. The van der Waals surface area contributed by atoms with Gasteiger partial charge < -0.3 is 10.2 Å². The SMILES string of the molecule is O=C(O)c1cc(N=Nc2cccc3ccc(S(=O)(=O)O)cc23)cc(N=Nc2ccc([N+](=O)[O-])cc2)c1O. The van der Waals surface area contributed by atoms with Crippen molar-refractivity contribution in [2.75, 3.05) is 0 Å². The van der Waals surface area contributed by atoms with Crippen LogP contribution in [0.5, 0.6) is 5.75 Å². The van der Waals surface area contributed by atoms with E-state index in [2.05, 4.69) is 20.5 Å². The molecule has 0 aliphatic rings. The fourth-order valence-corrected chi connectivity index (χ4v) is 3.76. The van der Waals surface area contributed by atoms with Gasteiger partial charge in [-0.25, -0.2) is 4.79 Å². The van der Waals surface area contributed by atoms with E-state index < -0.39 is 32.3 Å². The number of carbonyl (C=O) groups is 1. The Morgan fingerprint density at radius 1 is 0.838 bits per heavy atom. The van der Waals surface area contributed by atoms with E-state index >= 15 is 0 Å². The zero-order valence-electron chi connectivity index (χ0n) is 18.5. The summed E-state index contributed by atoms with van der Waals surface area (Å²) in [7, 11) is -4.46. The van der Waals surface area contributed by atoms with Gasteiger partial charge in [-0.2, -0.15) is 18.6 Å². The van der Waals surface area contributed by atoms with Crippen molar-refractivity contribution in [3.8, 4) is 5.75 Å². The van der Waals surface area contributed by atoms with Crippen molar-refractivity contribution >= 4 is 55.3 Å². The second kappa shape index (κ2) is 9.88. The standard InChI is InChI=1S/C23H15N5O8S/c29-22-19(23(30)31)10-15(11-21(22)27-24-14-5-7-16(8-6-14)28(32)33)25-26-20-3-1-2-13-4-9-17(12-18(13)20)37(34,35)36/h1-12,29H,(H,30,31)(H,34,35,36). The van der Waals surface area contributed by atoms with Crippen LogP contribution in [0.3, 0.4) is 0 Å². The Morgan fingerprint density at radius 2 is 1.51 bits per heavy atom. The van der Waals surface area contributed by atoms with E-state index in [1.54, 1.807) is 12.1 Å². The van der Waals surface area contributed by atoms with Gasteiger partial charge in [-0.3, -0.25) is 14.7 Å². The molecule has 0 bridgehead atoms. The third kappa shape index (κ3) is 5.61. The summed E-state index contributed by atoms with van der Waals surface area (Å²) in [5, 5.41) is 47.4. The minimum Gasteiger partial charge on any atom is -0.505 e. The molecular weight excluding hydrogens is 506 g/mol. The number of azo groups is 2. The van der Waals surface area contributed by atoms with Gasteiger partial charge in [0, 0.05) is 17.5 Å². The van der Waals surface area contributed by atoms with Crippen LogP contribution in [-0.4, -0.2) is 34.1 Å². The Morgan fingerprint density at radius 3 is 2.16 bits per heavy atom. The summed E-state index contributed by atoms with van der Waals surface area (Å²) in [5.74, 6) is -2.15. The van der Waals surface area contributed by atoms with Gasteiger partial charge in [0.05, 0.1) is 26.9 Å². The maximum absolute atomic E-state index is 11.6. The van der Waals surface area contributed by atoms with Crippen molar-refractivity contribution in [3.63, 3.8) is 0 Å². The van der Waals surface area contributed by atoms with Gasteiger partial charge in [-0.05, 0) is 47.9 Å². The first-order valence-electron chi connectivity index (χ1n) is 10.2. The van der Waals surface area contributed by atoms with Crippen molar-refractivity contribution in [1.82, 2.24) is 0 Å². The molecule has 0 aliphatic carbocycles. The molecule has 37 heavy (non-hydrogen) atoms. The van der Waals surface area contributed by atoms with Crippen LogP contribution in [0.2, 0.25) is 0 Å². The number of aromatic hydroxyl groups is 1. The van der Waals surface area contributed by atoms with Crippen molar-refractivity contribution in [1.29, 1.82) is 0 Å². The van der Waals surface area contributed by atoms with E-state index in [9.17, 15) is 38.1 Å². The quantitative estimate of drug-likeness (QED) is 0.110. The number of phenols is 1. The lowest BCUT2D eigenvalue weighted by Gasteiger charge is -2.05. The van der Waals surface area contributed by atoms with Crippen molar-refractivity contribution in [2.24, 2.45) is 20.5 Å². The molecule has 0 amide bonds. The van der Waals surface area contributed by atoms with Crippen LogP contribution < -0.4 is 0 Å². The normalized spacial score (nSPS) is 11.9. The second-order valence-electron chi connectivity index (χ2n) is 7.47. The summed E-state index contributed by atoms with van der Waals surface area (Å²) in [6, 6.07) is 16.2. The predicted octanol–water partition coefficient (Wildman–Crippen LogP) is 6.23. The first-order valence-corrected chi connectivity index (χ1v) is 11.7. The Hall–Kier alpha value is -5.08. The average Bonchev–Trinajstić information content (AvgIpc) is 2.86. The van der Waals surface area contributed by atoms with Gasteiger partial charge in [0.1, 0.15) is 11.3 Å². The molecule has 14 heteroatoms. The number of rotatable bonds is 7. The first-order chi connectivity index (χ1) is 17.5. The van der Waals surface area contributed by atoms with Crippen molar-refractivity contribution in [2.45, 2.75) is 4.90 Å². The van der Waals surface area contributed by atoms with E-state index in [4.69, 9.17) is 0 Å². The monoisotopic (exact) mass is 521 g/mol. The number of hydrogen-bond acceptors (Lipinski definition) is 10. The molecule has 0 spiro atoms. The van der Waals surface area contributed by atoms with Crippen LogP contribution in [0.4, 0.5) is 28.4 Å². The molecular formula is C23H15N5O8S. The molecule has 0 saturated heterocycles. The highest BCUT2D eigenvalue weighted by Crippen LogP contribution is 2.37. The van der Waals surface area contributed by atoms with Crippen LogP contribution in [0, 0.1) is 10.1 Å². The molecule has 0 unspecified atom stereocenters. The molecule has 4 aromatic rings. The Bertz CT molecular complexity index is 1720. The van der Waals surface area contributed by atoms with Crippen LogP contribution in [0.15, 0.2) is 98.1 Å². The van der Waals surface area contributed by atoms with E-state index in [1.165, 1.54) is 54.6 Å². The number of benzene rings is 4.